The summed E-state index contributed by atoms with van der Waals surface area (Å²) in [6.07, 6.45) is 5.75. The van der Waals surface area contributed by atoms with Gasteiger partial charge in [-0.05, 0) is 21.8 Å². The van der Waals surface area contributed by atoms with E-state index < -0.39 is 11.8 Å². The molecule has 0 aliphatic carbocycles. The van der Waals surface area contributed by atoms with Crippen LogP contribution in [0.15, 0.2) is 41.1 Å². The Hall–Kier alpha value is -3.19. The van der Waals surface area contributed by atoms with Gasteiger partial charge in [-0.1, -0.05) is 24.3 Å². The van der Waals surface area contributed by atoms with Crippen molar-refractivity contribution in [1.29, 1.82) is 0 Å². The van der Waals surface area contributed by atoms with Crippen molar-refractivity contribution in [3.8, 4) is 16.5 Å². The number of hydrogen-bond donors (Lipinski definition) is 3. The van der Waals surface area contributed by atoms with Crippen LogP contribution in [0.3, 0.4) is 0 Å². The Balaban J connectivity index is 1.16. The third-order valence-electron chi connectivity index (χ3n) is 6.92. The van der Waals surface area contributed by atoms with E-state index in [4.69, 9.17) is 11.6 Å². The average molecular weight is 645 g/mol. The zero-order chi connectivity index (χ0) is 29.8. The molecule has 220 valence electrons. The summed E-state index contributed by atoms with van der Waals surface area (Å²) in [7, 11) is 0.356. The van der Waals surface area contributed by atoms with Gasteiger partial charge in [0.1, 0.15) is 27.9 Å². The summed E-state index contributed by atoms with van der Waals surface area (Å²) in [6.45, 7) is 1.12. The highest BCUT2D eigenvalue weighted by Crippen LogP contribution is 2.45. The number of phenols is 1. The summed E-state index contributed by atoms with van der Waals surface area (Å²) in [5.74, 6) is -0.354. The van der Waals surface area contributed by atoms with Crippen LogP contribution in [0, 0.1) is 0 Å². The van der Waals surface area contributed by atoms with Gasteiger partial charge < -0.3 is 20.6 Å². The van der Waals surface area contributed by atoms with E-state index >= 15 is 0 Å². The molecule has 0 bridgehead atoms. The summed E-state index contributed by atoms with van der Waals surface area (Å²) >= 11 is 9.03. The van der Waals surface area contributed by atoms with Crippen LogP contribution >= 0.6 is 34.3 Å². The summed E-state index contributed by atoms with van der Waals surface area (Å²) in [5.41, 5.74) is 2.43. The number of amides is 3. The molecule has 3 amide bonds. The van der Waals surface area contributed by atoms with E-state index in [1.165, 1.54) is 33.6 Å². The quantitative estimate of drug-likeness (QED) is 0.103. The number of alkyl halides is 1. The first kappa shape index (κ1) is 30.3. The highest BCUT2D eigenvalue weighted by atomic mass is 35.5. The molecule has 3 heterocycles. The van der Waals surface area contributed by atoms with Crippen LogP contribution in [0.25, 0.3) is 21.5 Å². The first-order chi connectivity index (χ1) is 20.3. The highest BCUT2D eigenvalue weighted by Gasteiger charge is 2.36. The van der Waals surface area contributed by atoms with Crippen LogP contribution in [0.2, 0.25) is 0 Å². The number of phenolic OH excluding ortho intramolecular Hbond substituents is 1. The summed E-state index contributed by atoms with van der Waals surface area (Å²) in [6, 6.07) is 8.95. The number of carbonyl (C=O) groups excluding carboxylic acids is 3. The number of thiazole rings is 2. The molecule has 1 atom stereocenters. The maximum absolute atomic E-state index is 13.2. The lowest BCUT2D eigenvalue weighted by atomic mass is 9.95. The monoisotopic (exact) mass is 644 g/mol. The first-order valence-electron chi connectivity index (χ1n) is 13.4. The zero-order valence-corrected chi connectivity index (χ0v) is 26.4. The van der Waals surface area contributed by atoms with Crippen molar-refractivity contribution in [2.24, 2.45) is 0 Å². The Kier molecular flexibility index (Phi) is 9.67. The van der Waals surface area contributed by atoms with Crippen LogP contribution in [0.4, 0.5) is 5.69 Å². The van der Waals surface area contributed by atoms with Gasteiger partial charge in [-0.15, -0.1) is 34.3 Å². The number of halogens is 1. The van der Waals surface area contributed by atoms with Gasteiger partial charge >= 0.3 is 11.8 Å². The second-order valence-electron chi connectivity index (χ2n) is 10.1. The molecule has 0 saturated carbocycles. The fourth-order valence-electron chi connectivity index (χ4n) is 4.90. The normalized spacial score (nSPS) is 14.4. The smallest absolute Gasteiger partial charge is 0.316 e. The van der Waals surface area contributed by atoms with Crippen LogP contribution in [-0.4, -0.2) is 76.6 Å². The van der Waals surface area contributed by atoms with Crippen molar-refractivity contribution in [3.05, 3.63) is 57.4 Å². The summed E-state index contributed by atoms with van der Waals surface area (Å²) in [4.78, 5) is 48.8. The number of hydrogen-bond acceptors (Lipinski definition) is 8. The van der Waals surface area contributed by atoms with E-state index in [9.17, 15) is 19.5 Å². The largest absolute Gasteiger partial charge is 0.507 e. The maximum Gasteiger partial charge on any atom is 0.316 e. The molecule has 3 N–H and O–H groups in total. The SMILES string of the molecule is C[S+](C)CCCNC(=O)c1csc(-c2csc(CCNC(=O)C(=O)N3CC(CCl)c4c3cc(O)c3ccccc43)n2)n1. The second-order valence-corrected chi connectivity index (χ2v) is 14.6. The van der Waals surface area contributed by atoms with E-state index in [1.54, 1.807) is 5.38 Å². The molecule has 2 aromatic heterocycles. The minimum Gasteiger partial charge on any atom is -0.507 e. The molecule has 2 aromatic carbocycles. The van der Waals surface area contributed by atoms with E-state index in [0.717, 1.165) is 28.1 Å². The number of benzene rings is 2. The van der Waals surface area contributed by atoms with Gasteiger partial charge in [0.15, 0.2) is 0 Å². The molecule has 0 radical (unpaired) electrons. The van der Waals surface area contributed by atoms with Crippen molar-refractivity contribution >= 4 is 79.4 Å². The predicted molar refractivity (Wildman–Crippen MR) is 172 cm³/mol. The predicted octanol–water partition coefficient (Wildman–Crippen LogP) is 4.15. The second kappa shape index (κ2) is 13.4. The minimum absolute atomic E-state index is 0.0484. The van der Waals surface area contributed by atoms with Crippen molar-refractivity contribution in [2.75, 3.05) is 48.7 Å². The van der Waals surface area contributed by atoms with Gasteiger partial charge in [0.25, 0.3) is 5.91 Å². The van der Waals surface area contributed by atoms with E-state index in [-0.39, 0.29) is 36.5 Å². The number of nitrogens with zero attached hydrogens (tertiary/aromatic N) is 3. The van der Waals surface area contributed by atoms with Gasteiger partial charge in [0.05, 0.1) is 23.2 Å². The topological polar surface area (TPSA) is 125 Å². The third kappa shape index (κ3) is 6.56. The van der Waals surface area contributed by atoms with Crippen molar-refractivity contribution < 1.29 is 19.5 Å². The lowest BCUT2D eigenvalue weighted by Crippen LogP contribution is -2.43. The Labute approximate surface area is 259 Å². The van der Waals surface area contributed by atoms with Crippen LogP contribution in [0.5, 0.6) is 5.75 Å². The lowest BCUT2D eigenvalue weighted by Gasteiger charge is -2.17. The number of carbonyl (C=O) groups is 3. The fourth-order valence-corrected chi connectivity index (χ4v) is 7.49. The van der Waals surface area contributed by atoms with Crippen LogP contribution in [-0.2, 0) is 26.9 Å². The standard InChI is InChI=1S/C29H30ClN5O4S3/c1-42(2)11-5-9-31-26(37)20-15-41-28(34-20)21-16-40-24(33-21)8-10-32-27(38)29(39)35-14-17(13-30)25-19-7-4-3-6-18(19)23(36)12-22(25)35/h3-4,6-7,12,15-17H,5,8-11,13-14H2,1-2H3,(H2-,31,32,36,37,38)/p+1. The molecule has 0 saturated heterocycles. The van der Waals surface area contributed by atoms with Crippen LogP contribution < -0.4 is 15.5 Å². The molecule has 1 aliphatic rings. The van der Waals surface area contributed by atoms with Crippen molar-refractivity contribution in [2.45, 2.75) is 18.8 Å². The number of aromatic hydroxyl groups is 1. The van der Waals surface area contributed by atoms with E-state index in [2.05, 4.69) is 33.1 Å². The van der Waals surface area contributed by atoms with Crippen LogP contribution in [0.1, 0.15) is 33.4 Å². The van der Waals surface area contributed by atoms with Crippen molar-refractivity contribution in [3.63, 3.8) is 0 Å². The zero-order valence-electron chi connectivity index (χ0n) is 23.2. The van der Waals surface area contributed by atoms with Crippen molar-refractivity contribution in [1.82, 2.24) is 20.6 Å². The molecule has 4 aromatic rings. The molecule has 9 nitrogen and oxygen atoms in total. The first-order valence-corrected chi connectivity index (χ1v) is 17.9. The van der Waals surface area contributed by atoms with Gasteiger partial charge in [0.2, 0.25) is 0 Å². The fraction of sp³-hybridized carbons (Fsp3) is 0.345. The summed E-state index contributed by atoms with van der Waals surface area (Å²) < 4.78 is 0. The minimum atomic E-state index is -0.731. The molecule has 42 heavy (non-hydrogen) atoms. The molecular formula is C29H31ClN5O4S3+. The molecular weight excluding hydrogens is 614 g/mol. The summed E-state index contributed by atoms with van der Waals surface area (Å²) in [5, 5.41) is 22.7. The molecule has 5 rings (SSSR count). The Morgan fingerprint density at radius 1 is 1.10 bits per heavy atom. The molecule has 13 heteroatoms. The Morgan fingerprint density at radius 2 is 1.88 bits per heavy atom. The number of rotatable bonds is 10. The van der Waals surface area contributed by atoms with Gasteiger partial charge in [-0.25, -0.2) is 9.97 Å². The highest BCUT2D eigenvalue weighted by molar-refractivity contribution is 7.95. The molecule has 0 fully saturated rings. The lowest BCUT2D eigenvalue weighted by molar-refractivity contribution is -0.137. The maximum atomic E-state index is 13.2. The molecule has 0 spiro atoms. The Bertz CT molecular complexity index is 1620. The van der Waals surface area contributed by atoms with E-state index in [0.29, 0.717) is 51.3 Å². The Morgan fingerprint density at radius 3 is 2.64 bits per heavy atom. The number of anilines is 1. The number of aromatic nitrogens is 2. The van der Waals surface area contributed by atoms with E-state index in [1.807, 2.05) is 29.6 Å². The molecule has 1 unspecified atom stereocenters. The number of fused-ring (bicyclic) bond motifs is 3. The molecule has 1 aliphatic heterocycles. The third-order valence-corrected chi connectivity index (χ3v) is 10.2. The van der Waals surface area contributed by atoms with Gasteiger partial charge in [-0.3, -0.25) is 14.4 Å². The number of nitrogens with one attached hydrogen (secondary N) is 2. The van der Waals surface area contributed by atoms with Gasteiger partial charge in [-0.2, -0.15) is 0 Å². The van der Waals surface area contributed by atoms with Gasteiger partial charge in [0, 0.05) is 66.5 Å². The average Bonchev–Trinajstić information content (AvgIpc) is 3.73.